The fourth-order valence-electron chi connectivity index (χ4n) is 9.42. The first kappa shape index (κ1) is 31.2. The van der Waals surface area contributed by atoms with Crippen molar-refractivity contribution in [1.29, 1.82) is 0 Å². The molecule has 6 heteroatoms. The number of aliphatic hydroxyl groups is 1. The van der Waals surface area contributed by atoms with Crippen molar-refractivity contribution in [3.8, 4) is 11.5 Å². The Labute approximate surface area is 274 Å². The molecule has 2 bridgehead atoms. The van der Waals surface area contributed by atoms with Gasteiger partial charge in [0.25, 0.3) is 0 Å². The van der Waals surface area contributed by atoms with Gasteiger partial charge in [-0.3, -0.25) is 14.6 Å². The number of benzene rings is 3. The van der Waals surface area contributed by atoms with Crippen molar-refractivity contribution in [3.05, 3.63) is 108 Å². The third-order valence-corrected chi connectivity index (χ3v) is 11.5. The fourth-order valence-corrected chi connectivity index (χ4v) is 9.42. The second-order valence-corrected chi connectivity index (χ2v) is 13.8. The molecular formula is C40H48N2O4. The van der Waals surface area contributed by atoms with Gasteiger partial charge in [-0.05, 0) is 75.2 Å². The maximum absolute atomic E-state index is 13.8. The van der Waals surface area contributed by atoms with Crippen LogP contribution in [0.1, 0.15) is 72.0 Å². The summed E-state index contributed by atoms with van der Waals surface area (Å²) in [5.74, 6) is 1.68. The molecule has 46 heavy (non-hydrogen) atoms. The van der Waals surface area contributed by atoms with Crippen LogP contribution in [-0.4, -0.2) is 77.8 Å². The summed E-state index contributed by atoms with van der Waals surface area (Å²) in [6.07, 6.45) is 10.3. The zero-order chi connectivity index (χ0) is 31.7. The molecule has 1 saturated heterocycles. The molecule has 0 aromatic heterocycles. The van der Waals surface area contributed by atoms with E-state index in [1.54, 1.807) is 7.11 Å². The van der Waals surface area contributed by atoms with Gasteiger partial charge in [0.05, 0.1) is 24.7 Å². The van der Waals surface area contributed by atoms with Crippen molar-refractivity contribution >= 4 is 5.78 Å². The van der Waals surface area contributed by atoms with Crippen LogP contribution in [0.2, 0.25) is 0 Å². The number of rotatable bonds is 14. The number of likely N-dealkylation sites (tertiary alicyclic amines) is 1. The minimum atomic E-state index is -0.924. The molecule has 5 atom stereocenters. The van der Waals surface area contributed by atoms with Crippen molar-refractivity contribution in [1.82, 2.24) is 9.80 Å². The van der Waals surface area contributed by atoms with E-state index in [2.05, 4.69) is 52.8 Å². The predicted octanol–water partition coefficient (Wildman–Crippen LogP) is 6.39. The molecule has 3 aromatic rings. The van der Waals surface area contributed by atoms with Crippen molar-refractivity contribution in [2.24, 2.45) is 0 Å². The second-order valence-electron chi connectivity index (χ2n) is 13.8. The summed E-state index contributed by atoms with van der Waals surface area (Å²) in [6.45, 7) is 6.84. The molecule has 1 N–H and O–H groups in total. The highest BCUT2D eigenvalue weighted by Crippen LogP contribution is 2.66. The van der Waals surface area contributed by atoms with E-state index >= 15 is 0 Å². The van der Waals surface area contributed by atoms with Crippen LogP contribution >= 0.6 is 0 Å². The largest absolute Gasteiger partial charge is 0.493 e. The molecule has 2 fully saturated rings. The van der Waals surface area contributed by atoms with Crippen LogP contribution in [0, 0.1) is 0 Å². The van der Waals surface area contributed by atoms with Gasteiger partial charge in [-0.15, -0.1) is 6.58 Å². The Kier molecular flexibility index (Phi) is 8.79. The molecule has 3 aromatic carbocycles. The number of carbonyl (C=O) groups excluding carboxylic acids is 1. The minimum absolute atomic E-state index is 0.00200. The van der Waals surface area contributed by atoms with E-state index in [1.165, 1.54) is 17.5 Å². The smallest absolute Gasteiger partial charge is 0.176 e. The van der Waals surface area contributed by atoms with Gasteiger partial charge in [-0.25, -0.2) is 0 Å². The molecule has 242 valence electrons. The van der Waals surface area contributed by atoms with Gasteiger partial charge >= 0.3 is 0 Å². The van der Waals surface area contributed by atoms with Crippen molar-refractivity contribution in [2.45, 2.75) is 87.0 Å². The van der Waals surface area contributed by atoms with Crippen molar-refractivity contribution < 1.29 is 19.4 Å². The molecule has 2 unspecified atom stereocenters. The summed E-state index contributed by atoms with van der Waals surface area (Å²) in [6, 6.07) is 24.6. The van der Waals surface area contributed by atoms with Gasteiger partial charge < -0.3 is 14.6 Å². The number of hydrogen-bond donors (Lipinski definition) is 1. The first-order chi connectivity index (χ1) is 22.5. The van der Waals surface area contributed by atoms with Gasteiger partial charge in [0.15, 0.2) is 17.3 Å². The molecule has 0 amide bonds. The van der Waals surface area contributed by atoms with Gasteiger partial charge in [0.1, 0.15) is 6.10 Å². The fraction of sp³-hybridized carbons (Fsp3) is 0.475. The average Bonchev–Trinajstić information content (AvgIpc) is 3.43. The van der Waals surface area contributed by atoms with E-state index < -0.39 is 11.0 Å². The van der Waals surface area contributed by atoms with E-state index in [0.29, 0.717) is 13.0 Å². The Morgan fingerprint density at radius 3 is 2.57 bits per heavy atom. The number of aryl methyl sites for hydroxylation is 1. The maximum atomic E-state index is 13.8. The van der Waals surface area contributed by atoms with Crippen molar-refractivity contribution in [3.63, 3.8) is 0 Å². The third kappa shape index (κ3) is 5.19. The first-order valence-corrected chi connectivity index (χ1v) is 17.3. The van der Waals surface area contributed by atoms with Crippen LogP contribution in [0.5, 0.6) is 11.5 Å². The molecule has 0 radical (unpaired) electrons. The molecule has 1 spiro atoms. The topological polar surface area (TPSA) is 62.2 Å². The summed E-state index contributed by atoms with van der Waals surface area (Å²) < 4.78 is 12.9. The van der Waals surface area contributed by atoms with Crippen LogP contribution < -0.4 is 9.47 Å². The van der Waals surface area contributed by atoms with Crippen LogP contribution in [-0.2, 0) is 18.3 Å². The lowest BCUT2D eigenvalue weighted by atomic mass is 9.48. The normalized spacial score (nSPS) is 27.6. The zero-order valence-corrected chi connectivity index (χ0v) is 27.2. The number of carbonyl (C=O) groups is 1. The highest BCUT2D eigenvalue weighted by atomic mass is 16.5. The molecule has 2 heterocycles. The van der Waals surface area contributed by atoms with E-state index in [0.717, 1.165) is 87.2 Å². The monoisotopic (exact) mass is 620 g/mol. The van der Waals surface area contributed by atoms with Crippen LogP contribution in [0.25, 0.3) is 0 Å². The second kappa shape index (κ2) is 13.0. The van der Waals surface area contributed by atoms with Gasteiger partial charge in [-0.1, -0.05) is 85.6 Å². The SMILES string of the molecule is C=CCN1CC[C@]23c4c5ccc(OC)c4OC2C(N(CCCCCCc2ccccc2)CC(=O)c2ccccc2)CC[C@@]3(O)[C@H]1C5. The standard InChI is InChI=1S/C40H48N2O4/c1-3-24-41-26-23-39-36-31-19-20-34(45-2)37(36)46-38(39)32(21-22-40(39,44)35(41)27-31)42(28-33(43)30-17-11-7-12-18-30)25-13-5-4-8-14-29-15-9-6-10-16-29/h3,6-7,9-12,15-20,32,35,38,44H,1,4-5,8,13-14,21-28H2,2H3/t32?,35-,38?,39+,40-/m1/s1. The molecule has 2 aliphatic carbocycles. The number of unbranched alkanes of at least 4 members (excludes halogenated alkanes) is 3. The number of ketones is 1. The molecule has 7 rings (SSSR count). The van der Waals surface area contributed by atoms with E-state index in [1.807, 2.05) is 42.5 Å². The van der Waals surface area contributed by atoms with Crippen molar-refractivity contribution in [2.75, 3.05) is 33.3 Å². The average molecular weight is 621 g/mol. The third-order valence-electron chi connectivity index (χ3n) is 11.5. The van der Waals surface area contributed by atoms with Gasteiger partial charge in [-0.2, -0.15) is 0 Å². The highest BCUT2D eigenvalue weighted by Gasteiger charge is 2.73. The quantitative estimate of drug-likeness (QED) is 0.128. The Bertz CT molecular complexity index is 1540. The van der Waals surface area contributed by atoms with Gasteiger partial charge in [0.2, 0.25) is 0 Å². The zero-order valence-electron chi connectivity index (χ0n) is 27.2. The lowest BCUT2D eigenvalue weighted by molar-refractivity contribution is -0.198. The number of hydrogen-bond acceptors (Lipinski definition) is 6. The molecular weight excluding hydrogens is 572 g/mol. The Morgan fingerprint density at radius 2 is 1.80 bits per heavy atom. The summed E-state index contributed by atoms with van der Waals surface area (Å²) in [7, 11) is 1.70. The lowest BCUT2D eigenvalue weighted by Crippen LogP contribution is -2.78. The first-order valence-electron chi connectivity index (χ1n) is 17.3. The van der Waals surface area contributed by atoms with Crippen LogP contribution in [0.15, 0.2) is 85.5 Å². The number of piperidine rings is 1. The Hall–Kier alpha value is -3.45. The highest BCUT2D eigenvalue weighted by molar-refractivity contribution is 5.97. The van der Waals surface area contributed by atoms with Crippen LogP contribution in [0.3, 0.4) is 0 Å². The Morgan fingerprint density at radius 1 is 1.04 bits per heavy atom. The number of ether oxygens (including phenoxy) is 2. The summed E-state index contributed by atoms with van der Waals surface area (Å²) in [5.41, 5.74) is 3.09. The molecule has 6 nitrogen and oxygen atoms in total. The van der Waals surface area contributed by atoms with E-state index in [-0.39, 0.29) is 24.0 Å². The predicted molar refractivity (Wildman–Crippen MR) is 182 cm³/mol. The number of methoxy groups -OCH3 is 1. The minimum Gasteiger partial charge on any atom is -0.493 e. The summed E-state index contributed by atoms with van der Waals surface area (Å²) >= 11 is 0. The maximum Gasteiger partial charge on any atom is 0.176 e. The number of Topliss-reactive ketones (excluding diaryl/α,β-unsaturated/α-hetero) is 1. The van der Waals surface area contributed by atoms with E-state index in [9.17, 15) is 9.90 Å². The molecule has 4 aliphatic rings. The Balaban J connectivity index is 1.17. The summed E-state index contributed by atoms with van der Waals surface area (Å²) in [4.78, 5) is 18.6. The lowest BCUT2D eigenvalue weighted by Gasteiger charge is -2.64. The van der Waals surface area contributed by atoms with E-state index in [4.69, 9.17) is 9.47 Å². The molecule has 1 saturated carbocycles. The summed E-state index contributed by atoms with van der Waals surface area (Å²) in [5, 5.41) is 12.9. The number of nitrogens with zero attached hydrogens (tertiary/aromatic N) is 2. The molecule has 2 aliphatic heterocycles. The van der Waals surface area contributed by atoms with Gasteiger partial charge in [0, 0.05) is 29.8 Å². The van der Waals surface area contributed by atoms with Crippen LogP contribution in [0.4, 0.5) is 0 Å².